The van der Waals surface area contributed by atoms with E-state index >= 15 is 0 Å². The summed E-state index contributed by atoms with van der Waals surface area (Å²) < 4.78 is 1.59. The molecule has 1 nitrogen and oxygen atoms in total. The Morgan fingerprint density at radius 1 is 1.15 bits per heavy atom. The van der Waals surface area contributed by atoms with Gasteiger partial charge in [-0.05, 0) is 71.4 Å². The Kier molecular flexibility index (Phi) is 4.40. The average Bonchev–Trinajstić information content (AvgIpc) is 2.90. The van der Waals surface area contributed by atoms with E-state index in [-0.39, 0.29) is 0 Å². The van der Waals surface area contributed by atoms with Gasteiger partial charge in [0.25, 0.3) is 0 Å². The SMILES string of the molecule is Cc1cc(O)c(C)c(C)c1CC[Si](C)(C)c1cccs1. The molecule has 0 saturated carbocycles. The third-order valence-electron chi connectivity index (χ3n) is 4.42. The lowest BCUT2D eigenvalue weighted by molar-refractivity contribution is 0.469. The van der Waals surface area contributed by atoms with E-state index in [4.69, 9.17) is 0 Å². The number of hydrogen-bond acceptors (Lipinski definition) is 2. The monoisotopic (exact) mass is 304 g/mol. The van der Waals surface area contributed by atoms with Crippen LogP contribution in [0.15, 0.2) is 23.6 Å². The van der Waals surface area contributed by atoms with E-state index in [9.17, 15) is 5.11 Å². The minimum Gasteiger partial charge on any atom is -0.508 e. The van der Waals surface area contributed by atoms with Gasteiger partial charge in [-0.15, -0.1) is 0 Å². The second-order valence-corrected chi connectivity index (χ2v) is 12.4. The van der Waals surface area contributed by atoms with Gasteiger partial charge in [-0.3, -0.25) is 0 Å². The quantitative estimate of drug-likeness (QED) is 0.822. The van der Waals surface area contributed by atoms with Crippen molar-refractivity contribution in [1.29, 1.82) is 0 Å². The third-order valence-corrected chi connectivity index (χ3v) is 10.1. The Labute approximate surface area is 127 Å². The first-order valence-corrected chi connectivity index (χ1v) is 11.2. The van der Waals surface area contributed by atoms with E-state index in [0.717, 1.165) is 12.0 Å². The second kappa shape index (κ2) is 5.74. The maximum absolute atomic E-state index is 9.89. The normalized spacial score (nSPS) is 11.8. The largest absolute Gasteiger partial charge is 0.508 e. The third kappa shape index (κ3) is 2.99. The van der Waals surface area contributed by atoms with E-state index in [1.165, 1.54) is 22.7 Å². The van der Waals surface area contributed by atoms with Crippen LogP contribution in [0.4, 0.5) is 0 Å². The van der Waals surface area contributed by atoms with Gasteiger partial charge in [0.05, 0.1) is 8.07 Å². The molecule has 0 amide bonds. The Morgan fingerprint density at radius 2 is 1.85 bits per heavy atom. The highest BCUT2D eigenvalue weighted by Gasteiger charge is 2.25. The minimum atomic E-state index is -1.33. The highest BCUT2D eigenvalue weighted by molar-refractivity contribution is 7.25. The molecule has 1 aromatic carbocycles. The summed E-state index contributed by atoms with van der Waals surface area (Å²) in [6.07, 6.45) is 1.12. The van der Waals surface area contributed by atoms with E-state index in [0.29, 0.717) is 5.75 Å². The van der Waals surface area contributed by atoms with Crippen LogP contribution in [0.3, 0.4) is 0 Å². The van der Waals surface area contributed by atoms with Crippen LogP contribution in [0.1, 0.15) is 22.3 Å². The van der Waals surface area contributed by atoms with Crippen LogP contribution in [0.25, 0.3) is 0 Å². The summed E-state index contributed by atoms with van der Waals surface area (Å²) in [6, 6.07) is 7.63. The van der Waals surface area contributed by atoms with Crippen molar-refractivity contribution >= 4 is 23.9 Å². The Hall–Kier alpha value is -1.06. The number of benzene rings is 1. The van der Waals surface area contributed by atoms with Crippen LogP contribution in [-0.4, -0.2) is 13.2 Å². The summed E-state index contributed by atoms with van der Waals surface area (Å²) in [5.74, 6) is 0.429. The number of phenols is 1. The molecule has 20 heavy (non-hydrogen) atoms. The Bertz CT molecular complexity index is 600. The smallest absolute Gasteiger partial charge is 0.119 e. The van der Waals surface area contributed by atoms with Crippen LogP contribution in [0, 0.1) is 20.8 Å². The first-order chi connectivity index (χ1) is 9.33. The van der Waals surface area contributed by atoms with Crippen LogP contribution >= 0.6 is 11.3 Å². The predicted molar refractivity (Wildman–Crippen MR) is 92.3 cm³/mol. The van der Waals surface area contributed by atoms with Crippen molar-refractivity contribution in [3.05, 3.63) is 45.8 Å². The van der Waals surface area contributed by atoms with Crippen LogP contribution < -0.4 is 4.50 Å². The zero-order chi connectivity index (χ0) is 14.9. The molecule has 2 aromatic rings. The topological polar surface area (TPSA) is 20.2 Å². The number of phenolic OH excluding ortho intramolecular Hbond substituents is 1. The molecule has 0 spiro atoms. The first kappa shape index (κ1) is 15.3. The summed E-state index contributed by atoms with van der Waals surface area (Å²) in [5, 5.41) is 12.1. The molecule has 1 heterocycles. The molecule has 0 aliphatic carbocycles. The van der Waals surface area contributed by atoms with Crippen molar-refractivity contribution in [3.63, 3.8) is 0 Å². The predicted octanol–water partition coefficient (Wildman–Crippen LogP) is 4.54. The molecule has 0 aliphatic heterocycles. The van der Waals surface area contributed by atoms with E-state index in [1.807, 2.05) is 24.3 Å². The summed E-state index contributed by atoms with van der Waals surface area (Å²) in [5.41, 5.74) is 4.94. The lowest BCUT2D eigenvalue weighted by atomic mass is 9.96. The van der Waals surface area contributed by atoms with Crippen molar-refractivity contribution in [3.8, 4) is 5.75 Å². The van der Waals surface area contributed by atoms with Gasteiger partial charge in [-0.2, -0.15) is 11.3 Å². The van der Waals surface area contributed by atoms with Crippen molar-refractivity contribution in [2.75, 3.05) is 0 Å². The summed E-state index contributed by atoms with van der Waals surface area (Å²) >= 11 is 1.90. The molecule has 0 saturated heterocycles. The number of thiophene rings is 1. The molecular formula is C17H24OSSi. The molecule has 0 fully saturated rings. The summed E-state index contributed by atoms with van der Waals surface area (Å²) in [7, 11) is -1.33. The minimum absolute atomic E-state index is 0.429. The fraction of sp³-hybridized carbons (Fsp3) is 0.412. The maximum Gasteiger partial charge on any atom is 0.119 e. The molecule has 1 aromatic heterocycles. The van der Waals surface area contributed by atoms with Crippen LogP contribution in [0.5, 0.6) is 5.75 Å². The number of aromatic hydroxyl groups is 1. The number of aryl methyl sites for hydroxylation is 1. The lowest BCUT2D eigenvalue weighted by Gasteiger charge is -2.22. The van der Waals surface area contributed by atoms with Crippen LogP contribution in [-0.2, 0) is 6.42 Å². The molecule has 108 valence electrons. The van der Waals surface area contributed by atoms with Gasteiger partial charge in [0, 0.05) is 0 Å². The number of rotatable bonds is 4. The van der Waals surface area contributed by atoms with Gasteiger partial charge in [-0.1, -0.05) is 25.2 Å². The molecule has 0 aliphatic rings. The molecule has 0 atom stereocenters. The van der Waals surface area contributed by atoms with E-state index < -0.39 is 8.07 Å². The van der Waals surface area contributed by atoms with Gasteiger partial charge < -0.3 is 5.11 Å². The molecule has 0 unspecified atom stereocenters. The maximum atomic E-state index is 9.89. The van der Waals surface area contributed by atoms with Crippen molar-refractivity contribution in [2.24, 2.45) is 0 Å². The Morgan fingerprint density at radius 3 is 2.45 bits per heavy atom. The fourth-order valence-electron chi connectivity index (χ4n) is 2.72. The molecule has 3 heteroatoms. The summed E-state index contributed by atoms with van der Waals surface area (Å²) in [6.45, 7) is 11.2. The summed E-state index contributed by atoms with van der Waals surface area (Å²) in [4.78, 5) is 0. The van der Waals surface area contributed by atoms with Gasteiger partial charge in [-0.25, -0.2) is 0 Å². The van der Waals surface area contributed by atoms with Gasteiger partial charge in [0.2, 0.25) is 0 Å². The zero-order valence-corrected chi connectivity index (χ0v) is 14.9. The highest BCUT2D eigenvalue weighted by atomic mass is 32.1. The molecule has 0 radical (unpaired) electrons. The second-order valence-electron chi connectivity index (χ2n) is 6.30. The van der Waals surface area contributed by atoms with Gasteiger partial charge >= 0.3 is 0 Å². The van der Waals surface area contributed by atoms with Crippen molar-refractivity contribution < 1.29 is 5.11 Å². The Balaban J connectivity index is 2.22. The molecule has 2 rings (SSSR count). The number of hydrogen-bond donors (Lipinski definition) is 1. The van der Waals surface area contributed by atoms with E-state index in [1.54, 1.807) is 4.50 Å². The fourth-order valence-corrected chi connectivity index (χ4v) is 6.64. The molecule has 0 bridgehead atoms. The van der Waals surface area contributed by atoms with E-state index in [2.05, 4.69) is 44.5 Å². The van der Waals surface area contributed by atoms with Gasteiger partial charge in [0.15, 0.2) is 0 Å². The first-order valence-electron chi connectivity index (χ1n) is 7.15. The van der Waals surface area contributed by atoms with Crippen molar-refractivity contribution in [2.45, 2.75) is 46.3 Å². The average molecular weight is 305 g/mol. The highest BCUT2D eigenvalue weighted by Crippen LogP contribution is 2.28. The lowest BCUT2D eigenvalue weighted by Crippen LogP contribution is -2.39. The van der Waals surface area contributed by atoms with Crippen molar-refractivity contribution in [1.82, 2.24) is 0 Å². The standard InChI is InChI=1S/C17H24OSSi/c1-12-11-16(18)14(3)13(2)15(12)8-10-20(4,5)17-7-6-9-19-17/h6-7,9,11,18H,8,10H2,1-5H3. The zero-order valence-electron chi connectivity index (χ0n) is 13.1. The van der Waals surface area contributed by atoms with Gasteiger partial charge in [0.1, 0.15) is 5.75 Å². The molecular weight excluding hydrogens is 280 g/mol. The molecule has 1 N–H and O–H groups in total. The van der Waals surface area contributed by atoms with Crippen LogP contribution in [0.2, 0.25) is 19.1 Å².